The Bertz CT molecular complexity index is 1650. The number of amides is 6. The average molecular weight is 592 g/mol. The van der Waals surface area contributed by atoms with E-state index in [9.17, 15) is 33.5 Å². The summed E-state index contributed by atoms with van der Waals surface area (Å²) in [6, 6.07) is 7.54. The molecule has 2 aliphatic carbocycles. The number of urea groups is 1. The van der Waals surface area contributed by atoms with E-state index in [4.69, 9.17) is 17.3 Å². The number of hydrogen-bond donors (Lipinski definition) is 2. The number of rotatable bonds is 4. The molecule has 3 fully saturated rings. The van der Waals surface area contributed by atoms with Crippen LogP contribution in [0, 0.1) is 34.9 Å². The maximum absolute atomic E-state index is 14.4. The first kappa shape index (κ1) is 27.8. The predicted octanol–water partition coefficient (Wildman–Crippen LogP) is 4.22. The zero-order valence-electron chi connectivity index (χ0n) is 22.6. The van der Waals surface area contributed by atoms with Gasteiger partial charge in [0.05, 0.1) is 33.9 Å². The second-order valence-electron chi connectivity index (χ2n) is 11.5. The van der Waals surface area contributed by atoms with Crippen molar-refractivity contribution in [1.29, 1.82) is 0 Å². The first-order valence-corrected chi connectivity index (χ1v) is 13.9. The monoisotopic (exact) mass is 591 g/mol. The minimum Gasteiger partial charge on any atom is -0.507 e. The number of fused-ring (bicyclic) bond motifs is 4. The highest BCUT2D eigenvalue weighted by Crippen LogP contribution is 2.64. The van der Waals surface area contributed by atoms with Crippen LogP contribution in [0.25, 0.3) is 0 Å². The molecule has 0 bridgehead atoms. The molecule has 0 spiro atoms. The second-order valence-corrected chi connectivity index (χ2v) is 11.9. The normalized spacial score (nSPS) is 30.2. The van der Waals surface area contributed by atoms with E-state index in [0.29, 0.717) is 28.0 Å². The van der Waals surface area contributed by atoms with Gasteiger partial charge >= 0.3 is 6.03 Å². The van der Waals surface area contributed by atoms with Crippen LogP contribution < -0.4 is 10.6 Å². The van der Waals surface area contributed by atoms with Crippen LogP contribution in [-0.4, -0.2) is 39.7 Å². The zero-order chi connectivity index (χ0) is 30.2. The van der Waals surface area contributed by atoms with Crippen molar-refractivity contribution >= 4 is 46.9 Å². The lowest BCUT2D eigenvalue weighted by molar-refractivity contribution is -0.136. The lowest BCUT2D eigenvalue weighted by Crippen LogP contribution is -2.49. The first-order valence-electron chi connectivity index (χ1n) is 13.6. The molecule has 2 aliphatic heterocycles. The summed E-state index contributed by atoms with van der Waals surface area (Å²) in [5, 5.41) is 11.2. The molecule has 3 N–H and O–H groups in total. The quantitative estimate of drug-likeness (QED) is 0.403. The molecule has 42 heavy (non-hydrogen) atoms. The van der Waals surface area contributed by atoms with E-state index in [1.165, 1.54) is 12.1 Å². The number of benzene rings is 2. The largest absolute Gasteiger partial charge is 0.507 e. The lowest BCUT2D eigenvalue weighted by Gasteiger charge is -2.49. The van der Waals surface area contributed by atoms with Gasteiger partial charge in [-0.15, -0.1) is 6.58 Å². The van der Waals surface area contributed by atoms with Crippen LogP contribution in [0.5, 0.6) is 5.75 Å². The highest BCUT2D eigenvalue weighted by molar-refractivity contribution is 6.31. The van der Waals surface area contributed by atoms with Crippen LogP contribution in [0.15, 0.2) is 60.7 Å². The summed E-state index contributed by atoms with van der Waals surface area (Å²) in [5.41, 5.74) is 5.63. The highest BCUT2D eigenvalue weighted by atomic mass is 35.5. The third-order valence-electron chi connectivity index (χ3n) is 9.48. The fraction of sp³-hybridized carbons (Fsp3) is 0.323. The molecule has 216 valence electrons. The van der Waals surface area contributed by atoms with Gasteiger partial charge in [-0.05, 0) is 55.9 Å². The summed E-state index contributed by atoms with van der Waals surface area (Å²) < 4.78 is 14.0. The molecule has 0 radical (unpaired) electrons. The molecule has 6 amide bonds. The Kier molecular flexibility index (Phi) is 6.38. The summed E-state index contributed by atoms with van der Waals surface area (Å²) in [6.45, 7) is 5.41. The first-order chi connectivity index (χ1) is 19.9. The van der Waals surface area contributed by atoms with Gasteiger partial charge in [0.1, 0.15) is 11.6 Å². The van der Waals surface area contributed by atoms with E-state index in [0.717, 1.165) is 11.0 Å². The fourth-order valence-corrected chi connectivity index (χ4v) is 7.79. The number of carbonyl (C=O) groups excluding carboxylic acids is 5. The number of nitrogens with two attached hydrogens (primary N) is 1. The van der Waals surface area contributed by atoms with Gasteiger partial charge in [-0.25, -0.2) is 14.1 Å². The molecule has 6 rings (SSSR count). The number of phenols is 1. The number of aromatic hydroxyl groups is 1. The smallest absolute Gasteiger partial charge is 0.328 e. The van der Waals surface area contributed by atoms with Crippen LogP contribution in [-0.2, 0) is 25.6 Å². The van der Waals surface area contributed by atoms with Crippen molar-refractivity contribution in [2.45, 2.75) is 32.1 Å². The summed E-state index contributed by atoms with van der Waals surface area (Å²) in [5.74, 6) is -7.68. The van der Waals surface area contributed by atoms with Gasteiger partial charge in [0.25, 0.3) is 0 Å². The molecular formula is C31H27ClFN3O6. The number of halogens is 2. The lowest BCUT2D eigenvalue weighted by atomic mass is 9.51. The standard InChI is InChI=1S/C31H27ClFN3O6/c1-3-5-14-6-4-7-18(25(14)37)24-16-9-10-17-23(28(40)36(26(17)38)30(34)42)19(16)13-20-27(39)35(29(41)31(20,24)2)15-8-11-22(33)21(32)12-15/h3-4,6-9,11-12,17,19-20,23-24,37H,1,5,10,13H2,2H3,(H2,34,42). The number of carbonyl (C=O) groups is 5. The average Bonchev–Trinajstić information content (AvgIpc) is 3.31. The number of allylic oxidation sites excluding steroid dienone is 3. The van der Waals surface area contributed by atoms with Crippen LogP contribution in [0.1, 0.15) is 36.8 Å². The van der Waals surface area contributed by atoms with E-state index in [-0.39, 0.29) is 29.3 Å². The number of para-hydroxylation sites is 1. The Labute approximate surface area is 245 Å². The second kappa shape index (κ2) is 9.62. The third kappa shape index (κ3) is 3.64. The number of likely N-dealkylation sites (tertiary alicyclic amines) is 1. The Morgan fingerprint density at radius 2 is 1.90 bits per heavy atom. The van der Waals surface area contributed by atoms with Crippen LogP contribution in [0.4, 0.5) is 14.9 Å². The number of hydrogen-bond acceptors (Lipinski definition) is 6. The maximum atomic E-state index is 14.4. The van der Waals surface area contributed by atoms with Crippen molar-refractivity contribution in [2.24, 2.45) is 34.8 Å². The van der Waals surface area contributed by atoms with Crippen molar-refractivity contribution in [1.82, 2.24) is 4.90 Å². The van der Waals surface area contributed by atoms with Crippen molar-refractivity contribution in [3.63, 3.8) is 0 Å². The van der Waals surface area contributed by atoms with Crippen LogP contribution in [0.2, 0.25) is 5.02 Å². The number of anilines is 1. The Morgan fingerprint density at radius 3 is 2.57 bits per heavy atom. The van der Waals surface area contributed by atoms with Gasteiger partial charge in [-0.3, -0.25) is 19.2 Å². The molecule has 6 unspecified atom stereocenters. The molecule has 2 aromatic rings. The number of phenolic OH excluding ortho intramolecular Hbond substituents is 1. The van der Waals surface area contributed by atoms with E-state index in [1.54, 1.807) is 37.3 Å². The Hall–Kier alpha value is -4.31. The van der Waals surface area contributed by atoms with Crippen molar-refractivity contribution in [2.75, 3.05) is 4.90 Å². The molecule has 11 heteroatoms. The summed E-state index contributed by atoms with van der Waals surface area (Å²) in [7, 11) is 0. The van der Waals surface area contributed by atoms with E-state index < -0.39 is 70.5 Å². The molecule has 9 nitrogen and oxygen atoms in total. The van der Waals surface area contributed by atoms with Gasteiger partial charge in [0, 0.05) is 11.5 Å². The van der Waals surface area contributed by atoms with Crippen LogP contribution in [0.3, 0.4) is 0 Å². The van der Waals surface area contributed by atoms with Gasteiger partial charge in [0.2, 0.25) is 23.6 Å². The minimum atomic E-state index is -1.42. The Morgan fingerprint density at radius 1 is 1.17 bits per heavy atom. The number of primary amides is 1. The van der Waals surface area contributed by atoms with Gasteiger partial charge in [-0.1, -0.05) is 47.5 Å². The van der Waals surface area contributed by atoms with Crippen LogP contribution >= 0.6 is 11.6 Å². The maximum Gasteiger partial charge on any atom is 0.328 e. The highest BCUT2D eigenvalue weighted by Gasteiger charge is 2.68. The summed E-state index contributed by atoms with van der Waals surface area (Å²) in [6.07, 6.45) is 3.92. The molecule has 6 atom stereocenters. The number of nitrogens with zero attached hydrogens (tertiary/aromatic N) is 2. The topological polar surface area (TPSA) is 138 Å². The predicted molar refractivity (Wildman–Crippen MR) is 149 cm³/mol. The molecule has 2 heterocycles. The molecule has 0 aromatic heterocycles. The summed E-state index contributed by atoms with van der Waals surface area (Å²) >= 11 is 6.01. The van der Waals surface area contributed by atoms with Gasteiger partial charge < -0.3 is 10.8 Å². The minimum absolute atomic E-state index is 0.0364. The summed E-state index contributed by atoms with van der Waals surface area (Å²) in [4.78, 5) is 68.5. The molecule has 2 saturated heterocycles. The molecule has 4 aliphatic rings. The van der Waals surface area contributed by atoms with E-state index >= 15 is 0 Å². The van der Waals surface area contributed by atoms with E-state index in [1.807, 2.05) is 0 Å². The molecular weight excluding hydrogens is 565 g/mol. The van der Waals surface area contributed by atoms with Gasteiger partial charge in [0.15, 0.2) is 0 Å². The third-order valence-corrected chi connectivity index (χ3v) is 9.77. The zero-order valence-corrected chi connectivity index (χ0v) is 23.3. The van der Waals surface area contributed by atoms with E-state index in [2.05, 4.69) is 6.58 Å². The van der Waals surface area contributed by atoms with Crippen molar-refractivity contribution in [3.8, 4) is 5.75 Å². The number of imide groups is 4. The molecule has 1 saturated carbocycles. The molecule has 2 aromatic carbocycles. The fourth-order valence-electron chi connectivity index (χ4n) is 7.61. The SMILES string of the molecule is C=CCc1cccc(C2C3=CCC4C(=O)N(C(N)=O)C(=O)C4C3CC3C(=O)N(c4ccc(F)c(Cl)c4)C(=O)C32C)c1O. The van der Waals surface area contributed by atoms with Crippen molar-refractivity contribution < 1.29 is 33.5 Å². The van der Waals surface area contributed by atoms with Crippen molar-refractivity contribution in [3.05, 3.63) is 82.7 Å². The Balaban J connectivity index is 1.55. The van der Waals surface area contributed by atoms with Gasteiger partial charge in [-0.2, -0.15) is 4.90 Å².